The van der Waals surface area contributed by atoms with Gasteiger partial charge >= 0.3 is 0 Å². The van der Waals surface area contributed by atoms with Gasteiger partial charge in [0.25, 0.3) is 0 Å². The number of aryl methyl sites for hydroxylation is 1. The van der Waals surface area contributed by atoms with Crippen molar-refractivity contribution in [2.24, 2.45) is 7.05 Å². The van der Waals surface area contributed by atoms with Crippen LogP contribution in [0.25, 0.3) is 5.57 Å². The average molecular weight is 202 g/mol. The zero-order valence-corrected chi connectivity index (χ0v) is 7.30. The van der Waals surface area contributed by atoms with Gasteiger partial charge in [-0.05, 0) is 5.57 Å². The number of hydrogen-bond acceptors (Lipinski definition) is 2. The lowest BCUT2D eigenvalue weighted by Crippen LogP contribution is -1.97. The van der Waals surface area contributed by atoms with Crippen LogP contribution in [0.5, 0.6) is 0 Å². The standard InChI is InChI=1S/C6H8BrN3/c1-5(3-7)6-4-8-9-10(6)2/h4H,1,3H2,2H3. The van der Waals surface area contributed by atoms with Crippen LogP contribution in [0.1, 0.15) is 5.69 Å². The Morgan fingerprint density at radius 1 is 1.90 bits per heavy atom. The van der Waals surface area contributed by atoms with E-state index in [4.69, 9.17) is 0 Å². The SMILES string of the molecule is C=C(CBr)c1cnnn1C. The Hall–Kier alpha value is -0.640. The van der Waals surface area contributed by atoms with Crippen molar-refractivity contribution in [2.45, 2.75) is 0 Å². The van der Waals surface area contributed by atoms with Crippen molar-refractivity contribution < 1.29 is 0 Å². The fourth-order valence-corrected chi connectivity index (χ4v) is 0.966. The molecule has 1 heterocycles. The molecule has 3 nitrogen and oxygen atoms in total. The molecule has 0 saturated heterocycles. The molecule has 0 atom stereocenters. The molecule has 1 aromatic rings. The lowest BCUT2D eigenvalue weighted by atomic mass is 10.3. The van der Waals surface area contributed by atoms with Crippen LogP contribution in [0.15, 0.2) is 12.8 Å². The van der Waals surface area contributed by atoms with Crippen LogP contribution in [0, 0.1) is 0 Å². The first-order chi connectivity index (χ1) is 4.75. The Balaban J connectivity index is 2.93. The molecule has 10 heavy (non-hydrogen) atoms. The van der Waals surface area contributed by atoms with E-state index < -0.39 is 0 Å². The van der Waals surface area contributed by atoms with E-state index in [9.17, 15) is 0 Å². The highest BCUT2D eigenvalue weighted by Gasteiger charge is 2.01. The summed E-state index contributed by atoms with van der Waals surface area (Å²) < 4.78 is 1.70. The summed E-state index contributed by atoms with van der Waals surface area (Å²) in [5.41, 5.74) is 1.96. The third-order valence-corrected chi connectivity index (χ3v) is 1.91. The molecule has 0 spiro atoms. The van der Waals surface area contributed by atoms with Crippen molar-refractivity contribution in [1.82, 2.24) is 15.0 Å². The fraction of sp³-hybridized carbons (Fsp3) is 0.333. The van der Waals surface area contributed by atoms with Crippen molar-refractivity contribution in [2.75, 3.05) is 5.33 Å². The van der Waals surface area contributed by atoms with Gasteiger partial charge in [-0.3, -0.25) is 0 Å². The Labute approximate surface area is 67.9 Å². The minimum atomic E-state index is 0.758. The van der Waals surface area contributed by atoms with Crippen molar-refractivity contribution in [3.8, 4) is 0 Å². The maximum atomic E-state index is 3.83. The second kappa shape index (κ2) is 2.96. The molecule has 0 fully saturated rings. The molecule has 0 amide bonds. The highest BCUT2D eigenvalue weighted by molar-refractivity contribution is 9.09. The number of alkyl halides is 1. The van der Waals surface area contributed by atoms with Gasteiger partial charge in [-0.15, -0.1) is 5.10 Å². The Morgan fingerprint density at radius 2 is 2.60 bits per heavy atom. The Morgan fingerprint density at radius 3 is 3.00 bits per heavy atom. The van der Waals surface area contributed by atoms with Crippen LogP contribution in [-0.4, -0.2) is 20.3 Å². The molecule has 1 rings (SSSR count). The molecule has 0 saturated carbocycles. The highest BCUT2D eigenvalue weighted by atomic mass is 79.9. The van der Waals surface area contributed by atoms with Crippen molar-refractivity contribution >= 4 is 21.5 Å². The topological polar surface area (TPSA) is 30.7 Å². The van der Waals surface area contributed by atoms with Crippen LogP contribution in [0.3, 0.4) is 0 Å². The third-order valence-electron chi connectivity index (χ3n) is 1.24. The second-order valence-corrected chi connectivity index (χ2v) is 2.54. The summed E-state index contributed by atoms with van der Waals surface area (Å²) in [7, 11) is 1.84. The van der Waals surface area contributed by atoms with Crippen molar-refractivity contribution in [3.05, 3.63) is 18.5 Å². The fourth-order valence-electron chi connectivity index (χ4n) is 0.678. The van der Waals surface area contributed by atoms with Gasteiger partial charge in [-0.2, -0.15) is 0 Å². The summed E-state index contributed by atoms with van der Waals surface area (Å²) in [6.45, 7) is 3.83. The van der Waals surface area contributed by atoms with E-state index in [1.54, 1.807) is 10.9 Å². The maximum absolute atomic E-state index is 3.83. The van der Waals surface area contributed by atoms with E-state index in [-0.39, 0.29) is 0 Å². The first-order valence-corrected chi connectivity index (χ1v) is 3.96. The first-order valence-electron chi connectivity index (χ1n) is 2.84. The Bertz CT molecular complexity index is 241. The van der Waals surface area contributed by atoms with Crippen LogP contribution in [0.2, 0.25) is 0 Å². The zero-order chi connectivity index (χ0) is 7.56. The first kappa shape index (κ1) is 7.47. The second-order valence-electron chi connectivity index (χ2n) is 1.98. The predicted molar refractivity (Wildman–Crippen MR) is 43.8 cm³/mol. The molecule has 0 radical (unpaired) electrons. The summed E-state index contributed by atoms with van der Waals surface area (Å²) >= 11 is 3.30. The molecule has 4 heteroatoms. The Kier molecular flexibility index (Phi) is 2.21. The average Bonchev–Trinajstić information content (AvgIpc) is 2.34. The van der Waals surface area contributed by atoms with Gasteiger partial charge in [-0.25, -0.2) is 4.68 Å². The van der Waals surface area contributed by atoms with Crippen molar-refractivity contribution in [1.29, 1.82) is 0 Å². The smallest absolute Gasteiger partial charge is 0.0844 e. The third kappa shape index (κ3) is 1.26. The van der Waals surface area contributed by atoms with Crippen LogP contribution in [-0.2, 0) is 7.05 Å². The minimum Gasteiger partial charge on any atom is -0.248 e. The molecule has 54 valence electrons. The summed E-state index contributed by atoms with van der Waals surface area (Å²) in [5, 5.41) is 8.25. The molecule has 0 aliphatic rings. The molecular weight excluding hydrogens is 194 g/mol. The van der Waals surface area contributed by atoms with Gasteiger partial charge in [-0.1, -0.05) is 27.7 Å². The monoisotopic (exact) mass is 201 g/mol. The van der Waals surface area contributed by atoms with E-state index in [2.05, 4.69) is 32.8 Å². The van der Waals surface area contributed by atoms with E-state index in [1.807, 2.05) is 7.05 Å². The van der Waals surface area contributed by atoms with Crippen LogP contribution in [0.4, 0.5) is 0 Å². The molecule has 0 unspecified atom stereocenters. The largest absolute Gasteiger partial charge is 0.248 e. The van der Waals surface area contributed by atoms with Gasteiger partial charge in [0.2, 0.25) is 0 Å². The van der Waals surface area contributed by atoms with Crippen molar-refractivity contribution in [3.63, 3.8) is 0 Å². The number of halogens is 1. The molecule has 0 aromatic carbocycles. The normalized spacial score (nSPS) is 9.80. The summed E-state index contributed by atoms with van der Waals surface area (Å²) in [6, 6.07) is 0. The number of rotatable bonds is 2. The van der Waals surface area contributed by atoms with Gasteiger partial charge in [0, 0.05) is 12.4 Å². The van der Waals surface area contributed by atoms with E-state index in [0.717, 1.165) is 16.6 Å². The van der Waals surface area contributed by atoms with Crippen LogP contribution >= 0.6 is 15.9 Å². The van der Waals surface area contributed by atoms with Gasteiger partial charge in [0.05, 0.1) is 11.9 Å². The van der Waals surface area contributed by atoms with Crippen LogP contribution < -0.4 is 0 Å². The number of allylic oxidation sites excluding steroid dienone is 1. The minimum absolute atomic E-state index is 0.758. The lowest BCUT2D eigenvalue weighted by molar-refractivity contribution is 0.707. The van der Waals surface area contributed by atoms with E-state index >= 15 is 0 Å². The van der Waals surface area contributed by atoms with Gasteiger partial charge in [0.1, 0.15) is 0 Å². The molecule has 0 aliphatic heterocycles. The summed E-state index contributed by atoms with van der Waals surface area (Å²) in [4.78, 5) is 0. The highest BCUT2D eigenvalue weighted by Crippen LogP contribution is 2.10. The van der Waals surface area contributed by atoms with E-state index in [1.165, 1.54) is 0 Å². The predicted octanol–water partition coefficient (Wildman–Crippen LogP) is 1.22. The molecule has 0 N–H and O–H groups in total. The van der Waals surface area contributed by atoms with Gasteiger partial charge in [0.15, 0.2) is 0 Å². The molecule has 0 bridgehead atoms. The number of nitrogens with zero attached hydrogens (tertiary/aromatic N) is 3. The molecule has 1 aromatic heterocycles. The maximum Gasteiger partial charge on any atom is 0.0844 e. The molecule has 0 aliphatic carbocycles. The number of hydrogen-bond donors (Lipinski definition) is 0. The lowest BCUT2D eigenvalue weighted by Gasteiger charge is -1.98. The molecular formula is C6H8BrN3. The van der Waals surface area contributed by atoms with Gasteiger partial charge < -0.3 is 0 Å². The quantitative estimate of drug-likeness (QED) is 0.675. The van der Waals surface area contributed by atoms with E-state index in [0.29, 0.717) is 0 Å². The number of aromatic nitrogens is 3. The zero-order valence-electron chi connectivity index (χ0n) is 5.71. The summed E-state index contributed by atoms with van der Waals surface area (Å²) in [6.07, 6.45) is 1.70. The summed E-state index contributed by atoms with van der Waals surface area (Å²) in [5.74, 6) is 0.